The molecule has 0 bridgehead atoms. The number of halogens is 1. The van der Waals surface area contributed by atoms with Crippen LogP contribution in [-0.2, 0) is 6.54 Å². The highest BCUT2D eigenvalue weighted by atomic mass is 79.9. The molecule has 3 nitrogen and oxygen atoms in total. The van der Waals surface area contributed by atoms with E-state index >= 15 is 0 Å². The van der Waals surface area contributed by atoms with Crippen LogP contribution in [0.1, 0.15) is 44.1 Å². The lowest BCUT2D eigenvalue weighted by Gasteiger charge is -2.31. The Labute approximate surface area is 135 Å². The molecule has 0 aromatic heterocycles. The van der Waals surface area contributed by atoms with Crippen molar-refractivity contribution in [1.82, 2.24) is 5.32 Å². The first-order valence-electron chi connectivity index (χ1n) is 8.01. The normalized spacial score (nSPS) is 20.7. The Morgan fingerprint density at radius 2 is 2.05 bits per heavy atom. The van der Waals surface area contributed by atoms with Crippen LogP contribution < -0.4 is 10.2 Å². The van der Waals surface area contributed by atoms with Crippen molar-refractivity contribution in [1.29, 1.82) is 0 Å². The van der Waals surface area contributed by atoms with Crippen LogP contribution >= 0.6 is 15.9 Å². The fraction of sp³-hybridized carbons (Fsp3) is 0.647. The van der Waals surface area contributed by atoms with Crippen molar-refractivity contribution in [3.8, 4) is 0 Å². The summed E-state index contributed by atoms with van der Waals surface area (Å²) in [5, 5.41) is 14.2. The molecule has 116 valence electrons. The van der Waals surface area contributed by atoms with Gasteiger partial charge in [-0.1, -0.05) is 34.8 Å². The quantitative estimate of drug-likeness (QED) is 0.822. The number of aliphatic hydroxyl groups is 1. The topological polar surface area (TPSA) is 35.5 Å². The average Bonchev–Trinajstić information content (AvgIpc) is 3.18. The molecule has 0 aliphatic heterocycles. The summed E-state index contributed by atoms with van der Waals surface area (Å²) in [5.41, 5.74) is 2.03. The number of hydrogen-bond acceptors (Lipinski definition) is 3. The summed E-state index contributed by atoms with van der Waals surface area (Å²) in [5.74, 6) is 0. The first-order valence-corrected chi connectivity index (χ1v) is 8.80. The zero-order chi connectivity index (χ0) is 14.9. The third-order valence-electron chi connectivity index (χ3n) is 4.68. The van der Waals surface area contributed by atoms with E-state index in [1.807, 2.05) is 0 Å². The lowest BCUT2D eigenvalue weighted by atomic mass is 10.0. The predicted octanol–water partition coefficient (Wildman–Crippen LogP) is 3.44. The number of rotatable bonds is 6. The van der Waals surface area contributed by atoms with E-state index in [-0.39, 0.29) is 0 Å². The van der Waals surface area contributed by atoms with E-state index in [1.54, 1.807) is 0 Å². The molecule has 2 aliphatic carbocycles. The number of anilines is 1. The van der Waals surface area contributed by atoms with Crippen LogP contribution in [0.2, 0.25) is 0 Å². The van der Waals surface area contributed by atoms with Crippen LogP contribution in [0.5, 0.6) is 0 Å². The zero-order valence-corrected chi connectivity index (χ0v) is 14.3. The number of hydrogen-bond donors (Lipinski definition) is 2. The highest BCUT2D eigenvalue weighted by Crippen LogP contribution is 2.33. The lowest BCUT2D eigenvalue weighted by molar-refractivity contribution is 0.0559. The van der Waals surface area contributed by atoms with Crippen molar-refractivity contribution >= 4 is 21.6 Å². The van der Waals surface area contributed by atoms with Gasteiger partial charge in [0.25, 0.3) is 0 Å². The molecule has 2 fully saturated rings. The fourth-order valence-electron chi connectivity index (χ4n) is 3.30. The van der Waals surface area contributed by atoms with E-state index in [0.29, 0.717) is 6.04 Å². The Morgan fingerprint density at radius 1 is 1.33 bits per heavy atom. The second-order valence-electron chi connectivity index (χ2n) is 6.72. The van der Waals surface area contributed by atoms with Crippen molar-refractivity contribution < 1.29 is 5.11 Å². The van der Waals surface area contributed by atoms with Crippen LogP contribution in [0.4, 0.5) is 5.69 Å². The molecule has 1 aromatic carbocycles. The summed E-state index contributed by atoms with van der Waals surface area (Å²) in [6.07, 6.45) is 6.78. The third-order valence-corrected chi connectivity index (χ3v) is 5.18. The Balaban J connectivity index is 1.72. The van der Waals surface area contributed by atoms with Crippen molar-refractivity contribution in [3.05, 3.63) is 28.2 Å². The minimum Gasteiger partial charge on any atom is -0.388 e. The molecule has 0 saturated heterocycles. The van der Waals surface area contributed by atoms with Crippen molar-refractivity contribution in [3.63, 3.8) is 0 Å². The molecule has 0 unspecified atom stereocenters. The summed E-state index contributed by atoms with van der Waals surface area (Å²) in [6, 6.07) is 7.17. The van der Waals surface area contributed by atoms with Gasteiger partial charge in [-0.2, -0.15) is 0 Å². The number of nitrogens with one attached hydrogen (secondary N) is 1. The maximum atomic E-state index is 10.6. The molecule has 3 rings (SSSR count). The highest BCUT2D eigenvalue weighted by Gasteiger charge is 2.32. The largest absolute Gasteiger partial charge is 0.388 e. The van der Waals surface area contributed by atoms with Gasteiger partial charge in [-0.05, 0) is 43.4 Å². The second-order valence-corrected chi connectivity index (χ2v) is 7.63. The predicted molar refractivity (Wildman–Crippen MR) is 90.7 cm³/mol. The zero-order valence-electron chi connectivity index (χ0n) is 12.7. The minimum absolute atomic E-state index is 0.502. The Kier molecular flexibility index (Phi) is 4.57. The van der Waals surface area contributed by atoms with Crippen LogP contribution in [0.15, 0.2) is 22.7 Å². The van der Waals surface area contributed by atoms with E-state index in [0.717, 1.165) is 43.2 Å². The summed E-state index contributed by atoms with van der Waals surface area (Å²) in [6.45, 7) is 1.63. The van der Waals surface area contributed by atoms with Crippen molar-refractivity contribution in [2.45, 2.75) is 56.7 Å². The maximum Gasteiger partial charge on any atom is 0.0821 e. The summed E-state index contributed by atoms with van der Waals surface area (Å²) < 4.78 is 1.10. The van der Waals surface area contributed by atoms with Gasteiger partial charge in [0.2, 0.25) is 0 Å². The van der Waals surface area contributed by atoms with Crippen molar-refractivity contribution in [2.24, 2.45) is 0 Å². The SMILES string of the molecule is CN(CC1(O)CCCC1)c1cc(Br)ccc1CNC1CC1. The summed E-state index contributed by atoms with van der Waals surface area (Å²) >= 11 is 3.57. The third kappa shape index (κ3) is 3.99. The lowest BCUT2D eigenvalue weighted by Crippen LogP contribution is -2.39. The molecule has 4 heteroatoms. The standard InChI is InChI=1S/C17H25BrN2O/c1-20(12-17(21)8-2-3-9-17)16-10-14(18)5-4-13(16)11-19-15-6-7-15/h4-5,10,15,19,21H,2-3,6-9,11-12H2,1H3. The molecule has 0 amide bonds. The number of nitrogens with zero attached hydrogens (tertiary/aromatic N) is 1. The van der Waals surface area contributed by atoms with E-state index in [9.17, 15) is 5.11 Å². The van der Waals surface area contributed by atoms with Gasteiger partial charge < -0.3 is 15.3 Å². The fourth-order valence-corrected chi connectivity index (χ4v) is 3.65. The summed E-state index contributed by atoms with van der Waals surface area (Å²) in [7, 11) is 2.10. The van der Waals surface area contributed by atoms with Gasteiger partial charge in [0.15, 0.2) is 0 Å². The van der Waals surface area contributed by atoms with E-state index < -0.39 is 5.60 Å². The molecule has 2 saturated carbocycles. The number of benzene rings is 1. The number of likely N-dealkylation sites (N-methyl/N-ethyl adjacent to an activating group) is 1. The molecule has 1 aromatic rings. The van der Waals surface area contributed by atoms with Crippen LogP contribution in [0.25, 0.3) is 0 Å². The van der Waals surface area contributed by atoms with Crippen LogP contribution in [-0.4, -0.2) is 30.3 Å². The highest BCUT2D eigenvalue weighted by molar-refractivity contribution is 9.10. The second kappa shape index (κ2) is 6.27. The van der Waals surface area contributed by atoms with E-state index in [4.69, 9.17) is 0 Å². The molecule has 2 N–H and O–H groups in total. The minimum atomic E-state index is -0.502. The Hall–Kier alpha value is -0.580. The van der Waals surface area contributed by atoms with Gasteiger partial charge in [-0.15, -0.1) is 0 Å². The molecule has 0 heterocycles. The molecule has 0 spiro atoms. The summed E-state index contributed by atoms with van der Waals surface area (Å²) in [4.78, 5) is 2.22. The smallest absolute Gasteiger partial charge is 0.0821 e. The Bertz CT molecular complexity index is 496. The molecular weight excluding hydrogens is 328 g/mol. The van der Waals surface area contributed by atoms with Crippen molar-refractivity contribution in [2.75, 3.05) is 18.5 Å². The van der Waals surface area contributed by atoms with Gasteiger partial charge in [-0.25, -0.2) is 0 Å². The van der Waals surface area contributed by atoms with Gasteiger partial charge in [0.1, 0.15) is 0 Å². The van der Waals surface area contributed by atoms with E-state index in [1.165, 1.54) is 24.1 Å². The first kappa shape index (κ1) is 15.3. The molecule has 0 radical (unpaired) electrons. The van der Waals surface area contributed by atoms with Crippen LogP contribution in [0, 0.1) is 0 Å². The van der Waals surface area contributed by atoms with Gasteiger partial charge in [0, 0.05) is 36.3 Å². The van der Waals surface area contributed by atoms with E-state index in [2.05, 4.69) is 51.4 Å². The van der Waals surface area contributed by atoms with Crippen LogP contribution in [0.3, 0.4) is 0 Å². The molecule has 0 atom stereocenters. The monoisotopic (exact) mass is 352 g/mol. The maximum absolute atomic E-state index is 10.6. The molecule has 21 heavy (non-hydrogen) atoms. The Morgan fingerprint density at radius 3 is 2.71 bits per heavy atom. The van der Waals surface area contributed by atoms with Gasteiger partial charge in [0.05, 0.1) is 5.60 Å². The van der Waals surface area contributed by atoms with Gasteiger partial charge >= 0.3 is 0 Å². The average molecular weight is 353 g/mol. The molecular formula is C17H25BrN2O. The van der Waals surface area contributed by atoms with Gasteiger partial charge in [-0.3, -0.25) is 0 Å². The first-order chi connectivity index (χ1) is 10.1. The molecule has 2 aliphatic rings.